The number of fused-ring (bicyclic) bond motifs is 1. The van der Waals surface area contributed by atoms with Crippen LogP contribution in [0, 0.1) is 5.92 Å². The lowest BCUT2D eigenvalue weighted by molar-refractivity contribution is 0.0196. The summed E-state index contributed by atoms with van der Waals surface area (Å²) in [5, 5.41) is 0.155. The van der Waals surface area contributed by atoms with Crippen LogP contribution < -0.4 is 5.73 Å². The van der Waals surface area contributed by atoms with Crippen LogP contribution in [0.15, 0.2) is 46.0 Å². The van der Waals surface area contributed by atoms with Gasteiger partial charge in [-0.15, -0.1) is 0 Å². The van der Waals surface area contributed by atoms with Crippen molar-refractivity contribution in [2.75, 3.05) is 0 Å². The number of pyridine rings is 1. The highest BCUT2D eigenvalue weighted by molar-refractivity contribution is 9.10. The number of hydrogen-bond acceptors (Lipinski definition) is 5. The Bertz CT molecular complexity index is 970. The fourth-order valence-electron chi connectivity index (χ4n) is 3.61. The molecule has 0 spiro atoms. The van der Waals surface area contributed by atoms with Crippen molar-refractivity contribution in [2.24, 2.45) is 16.6 Å². The lowest BCUT2D eigenvalue weighted by Gasteiger charge is -2.33. The van der Waals surface area contributed by atoms with Gasteiger partial charge in [0.2, 0.25) is 0 Å². The van der Waals surface area contributed by atoms with Crippen LogP contribution >= 0.6 is 27.5 Å². The van der Waals surface area contributed by atoms with Crippen molar-refractivity contribution in [1.82, 2.24) is 4.98 Å². The molecule has 0 saturated heterocycles. The first-order valence-electron chi connectivity index (χ1n) is 8.55. The van der Waals surface area contributed by atoms with Gasteiger partial charge in [-0.2, -0.15) is 0 Å². The zero-order valence-corrected chi connectivity index (χ0v) is 16.8. The molecule has 1 aliphatic heterocycles. The van der Waals surface area contributed by atoms with Crippen molar-refractivity contribution >= 4 is 39.3 Å². The van der Waals surface area contributed by atoms with Gasteiger partial charge in [-0.3, -0.25) is 9.78 Å². The number of rotatable bonds is 5. The maximum Gasteiger partial charge on any atom is 0.283 e. The molecule has 4 rings (SSSR count). The quantitative estimate of drug-likeness (QED) is 0.667. The van der Waals surface area contributed by atoms with Gasteiger partial charge in [0.1, 0.15) is 11.8 Å². The molecule has 1 aromatic heterocycles. The summed E-state index contributed by atoms with van der Waals surface area (Å²) in [5.41, 5.74) is 4.78. The number of nitrogens with zero attached hydrogens (tertiary/aromatic N) is 2. The number of carbonyl (C=O) groups excluding carboxylic acids is 1. The van der Waals surface area contributed by atoms with Gasteiger partial charge in [0.05, 0.1) is 0 Å². The Kier molecular flexibility index (Phi) is 4.87. The van der Waals surface area contributed by atoms with E-state index in [4.69, 9.17) is 22.1 Å². The second kappa shape index (κ2) is 7.08. The van der Waals surface area contributed by atoms with Gasteiger partial charge in [-0.25, -0.2) is 13.8 Å². The molecule has 3 atom stereocenters. The predicted molar refractivity (Wildman–Crippen MR) is 104 cm³/mol. The number of halogens is 4. The Morgan fingerprint density at radius 3 is 2.86 bits per heavy atom. The molecule has 2 aliphatic rings. The summed E-state index contributed by atoms with van der Waals surface area (Å²) in [4.78, 5) is 20.6. The summed E-state index contributed by atoms with van der Waals surface area (Å²) < 4.78 is 34.5. The first-order chi connectivity index (χ1) is 13.3. The minimum atomic E-state index is -2.82. The summed E-state index contributed by atoms with van der Waals surface area (Å²) >= 11 is 9.54. The van der Waals surface area contributed by atoms with Crippen LogP contribution in [0.2, 0.25) is 5.02 Å². The van der Waals surface area contributed by atoms with E-state index in [-0.39, 0.29) is 34.9 Å². The number of amidine groups is 1. The molecule has 146 valence electrons. The first-order valence-corrected chi connectivity index (χ1v) is 9.72. The molecule has 2 heterocycles. The molecule has 1 aromatic carbocycles. The van der Waals surface area contributed by atoms with Gasteiger partial charge in [0, 0.05) is 33.6 Å². The molecule has 2 N–H and O–H groups in total. The molecule has 2 aromatic rings. The third-order valence-corrected chi connectivity index (χ3v) is 5.84. The van der Waals surface area contributed by atoms with Crippen LogP contribution in [0.25, 0.3) is 0 Å². The van der Waals surface area contributed by atoms with Crippen LogP contribution in [-0.2, 0) is 16.7 Å². The van der Waals surface area contributed by atoms with E-state index in [1.165, 1.54) is 18.3 Å². The standard InChI is InChI=1S/C19H15BrClF2N3O2/c20-10-2-4-14(25-8-10)15(27)6-9-1-3-13(21)11(5-9)19(17(22)23)12-7-16(12)28-18(24)26-19/h1-5,8,12,16-17H,6-7H2,(H2,24,26)/t12-,16+,19+/m0/s1. The van der Waals surface area contributed by atoms with Gasteiger partial charge in [0.15, 0.2) is 11.3 Å². The summed E-state index contributed by atoms with van der Waals surface area (Å²) in [5.74, 6) is -0.734. The average Bonchev–Trinajstić information content (AvgIpc) is 3.42. The van der Waals surface area contributed by atoms with Crippen molar-refractivity contribution < 1.29 is 18.3 Å². The summed E-state index contributed by atoms with van der Waals surface area (Å²) in [6.07, 6.45) is -1.25. The smallest absolute Gasteiger partial charge is 0.283 e. The Hall–Kier alpha value is -2.06. The first kappa shape index (κ1) is 19.3. The van der Waals surface area contributed by atoms with Gasteiger partial charge < -0.3 is 10.5 Å². The predicted octanol–water partition coefficient (Wildman–Crippen LogP) is 4.12. The van der Waals surface area contributed by atoms with Gasteiger partial charge >= 0.3 is 0 Å². The Labute approximate surface area is 173 Å². The van der Waals surface area contributed by atoms with Gasteiger partial charge in [-0.05, 0) is 46.1 Å². The normalized spacial score (nSPS) is 25.7. The zero-order chi connectivity index (χ0) is 20.1. The number of aromatic nitrogens is 1. The lowest BCUT2D eigenvalue weighted by atomic mass is 9.83. The van der Waals surface area contributed by atoms with E-state index in [1.54, 1.807) is 18.2 Å². The Balaban J connectivity index is 1.70. The average molecular weight is 471 g/mol. The second-order valence-electron chi connectivity index (χ2n) is 6.85. The summed E-state index contributed by atoms with van der Waals surface area (Å²) in [7, 11) is 0. The molecule has 28 heavy (non-hydrogen) atoms. The van der Waals surface area contributed by atoms with E-state index in [9.17, 15) is 13.6 Å². The molecule has 0 bridgehead atoms. The minimum Gasteiger partial charge on any atom is -0.462 e. The van der Waals surface area contributed by atoms with Crippen molar-refractivity contribution in [3.05, 3.63) is 62.8 Å². The monoisotopic (exact) mass is 469 g/mol. The maximum atomic E-state index is 14.2. The van der Waals surface area contributed by atoms with E-state index < -0.39 is 17.9 Å². The third-order valence-electron chi connectivity index (χ3n) is 5.04. The number of Topliss-reactive ketones (excluding diaryl/α,β-unsaturated/α-hetero) is 1. The number of nitrogens with two attached hydrogens (primary N) is 1. The van der Waals surface area contributed by atoms with Crippen LogP contribution in [0.3, 0.4) is 0 Å². The topological polar surface area (TPSA) is 77.6 Å². The minimum absolute atomic E-state index is 0.00190. The van der Waals surface area contributed by atoms with E-state index in [0.717, 1.165) is 4.47 Å². The molecular weight excluding hydrogens is 456 g/mol. The van der Waals surface area contributed by atoms with Crippen molar-refractivity contribution in [2.45, 2.75) is 30.9 Å². The van der Waals surface area contributed by atoms with Crippen molar-refractivity contribution in [3.63, 3.8) is 0 Å². The summed E-state index contributed by atoms with van der Waals surface area (Å²) in [6.45, 7) is 0. The molecule has 5 nitrogen and oxygen atoms in total. The Morgan fingerprint density at radius 1 is 1.39 bits per heavy atom. The van der Waals surface area contributed by atoms with Crippen LogP contribution in [-0.4, -0.2) is 29.3 Å². The van der Waals surface area contributed by atoms with E-state index >= 15 is 0 Å². The van der Waals surface area contributed by atoms with Crippen LogP contribution in [0.4, 0.5) is 8.78 Å². The fourth-order valence-corrected chi connectivity index (χ4v) is 4.11. The number of aliphatic imine (C=N–C) groups is 1. The van der Waals surface area contributed by atoms with Crippen molar-refractivity contribution in [1.29, 1.82) is 0 Å². The number of ether oxygens (including phenoxy) is 1. The number of ketones is 1. The summed E-state index contributed by atoms with van der Waals surface area (Å²) in [6, 6.07) is 7.71. The second-order valence-corrected chi connectivity index (χ2v) is 8.17. The third kappa shape index (κ3) is 3.28. The number of alkyl halides is 2. The molecule has 1 fully saturated rings. The number of benzene rings is 1. The van der Waals surface area contributed by atoms with Crippen molar-refractivity contribution in [3.8, 4) is 0 Å². The van der Waals surface area contributed by atoms with E-state index in [2.05, 4.69) is 25.9 Å². The molecular formula is C19H15BrClF2N3O2. The molecule has 0 unspecified atom stereocenters. The van der Waals surface area contributed by atoms with Gasteiger partial charge in [-0.1, -0.05) is 23.7 Å². The lowest BCUT2D eigenvalue weighted by Crippen LogP contribution is -2.43. The SMILES string of the molecule is NC1=N[C@@](c2cc(CC(=O)c3ccc(Br)cn3)ccc2Cl)(C(F)F)[C@H]2C[C@H]2O1. The fraction of sp³-hybridized carbons (Fsp3) is 0.316. The molecule has 0 radical (unpaired) electrons. The van der Waals surface area contributed by atoms with Crippen LogP contribution in [0.5, 0.6) is 0 Å². The highest BCUT2D eigenvalue weighted by atomic mass is 79.9. The highest BCUT2D eigenvalue weighted by Gasteiger charge is 2.64. The van der Waals surface area contributed by atoms with Gasteiger partial charge in [0.25, 0.3) is 12.4 Å². The van der Waals surface area contributed by atoms with E-state index in [1.807, 2.05) is 0 Å². The Morgan fingerprint density at radius 2 is 2.18 bits per heavy atom. The number of carbonyl (C=O) groups is 1. The molecule has 9 heteroatoms. The molecule has 1 aliphatic carbocycles. The maximum absolute atomic E-state index is 14.2. The highest BCUT2D eigenvalue weighted by Crippen LogP contribution is 2.56. The molecule has 1 saturated carbocycles. The molecule has 0 amide bonds. The van der Waals surface area contributed by atoms with Crippen LogP contribution in [0.1, 0.15) is 28.0 Å². The largest absolute Gasteiger partial charge is 0.462 e. The number of hydrogen-bond donors (Lipinski definition) is 1. The van der Waals surface area contributed by atoms with E-state index in [0.29, 0.717) is 17.7 Å². The zero-order valence-electron chi connectivity index (χ0n) is 14.4.